The maximum absolute atomic E-state index is 13.5. The van der Waals surface area contributed by atoms with E-state index in [1.165, 1.54) is 12.1 Å². The number of hydrogen-bond acceptors (Lipinski definition) is 6. The minimum absolute atomic E-state index is 0.158. The lowest BCUT2D eigenvalue weighted by Crippen LogP contribution is -2.21. The summed E-state index contributed by atoms with van der Waals surface area (Å²) in [7, 11) is 4.77. The molecule has 0 radical (unpaired) electrons. The maximum atomic E-state index is 13.5. The highest BCUT2D eigenvalue weighted by molar-refractivity contribution is 5.86. The second kappa shape index (κ2) is 9.79. The fourth-order valence-corrected chi connectivity index (χ4v) is 4.37. The average molecular weight is 489 g/mol. The van der Waals surface area contributed by atoms with Crippen LogP contribution >= 0.6 is 0 Å². The molecule has 0 aliphatic carbocycles. The van der Waals surface area contributed by atoms with Crippen LogP contribution < -0.4 is 15.0 Å². The van der Waals surface area contributed by atoms with E-state index in [2.05, 4.69) is 4.98 Å². The molecule has 0 saturated carbocycles. The van der Waals surface area contributed by atoms with Gasteiger partial charge in [-0.15, -0.1) is 0 Å². The van der Waals surface area contributed by atoms with Crippen LogP contribution in [0.25, 0.3) is 27.7 Å². The van der Waals surface area contributed by atoms with E-state index in [-0.39, 0.29) is 18.0 Å². The summed E-state index contributed by atoms with van der Waals surface area (Å²) in [5, 5.41) is 5.14. The van der Waals surface area contributed by atoms with Crippen molar-refractivity contribution in [1.82, 2.24) is 19.2 Å². The zero-order valence-corrected chi connectivity index (χ0v) is 20.2. The standard InChI is InChI=1S/C27H25FN4O4/c1-34-16-21-25(18-5-7-19(28)8-6-18)26-29-15-20-22(32(26)30-21)11-13-31(27(20)33)12-10-17-4-9-23(35-2)24(14-17)36-3/h4-9,11,13-15H,10,12,16H2,1-3H3. The molecule has 0 aliphatic heterocycles. The summed E-state index contributed by atoms with van der Waals surface area (Å²) in [6.07, 6.45) is 3.97. The van der Waals surface area contributed by atoms with Crippen molar-refractivity contribution in [3.8, 4) is 22.6 Å². The number of rotatable bonds is 8. The van der Waals surface area contributed by atoms with Crippen molar-refractivity contribution in [2.75, 3.05) is 21.3 Å². The van der Waals surface area contributed by atoms with Gasteiger partial charge in [0.25, 0.3) is 5.56 Å². The van der Waals surface area contributed by atoms with Crippen LogP contribution in [0.15, 0.2) is 65.7 Å². The molecule has 0 spiro atoms. The van der Waals surface area contributed by atoms with Crippen LogP contribution in [-0.2, 0) is 24.3 Å². The van der Waals surface area contributed by atoms with Gasteiger partial charge in [-0.3, -0.25) is 4.79 Å². The zero-order valence-electron chi connectivity index (χ0n) is 20.2. The van der Waals surface area contributed by atoms with Crippen molar-refractivity contribution >= 4 is 16.6 Å². The molecule has 0 unspecified atom stereocenters. The Bertz CT molecular complexity index is 1610. The quantitative estimate of drug-likeness (QED) is 0.325. The first-order chi connectivity index (χ1) is 17.5. The van der Waals surface area contributed by atoms with E-state index < -0.39 is 0 Å². The summed E-state index contributed by atoms with van der Waals surface area (Å²) in [4.78, 5) is 17.9. The number of pyridine rings is 1. The average Bonchev–Trinajstić information content (AvgIpc) is 3.27. The molecule has 36 heavy (non-hydrogen) atoms. The molecule has 0 aliphatic rings. The lowest BCUT2D eigenvalue weighted by atomic mass is 10.1. The fraction of sp³-hybridized carbons (Fsp3) is 0.222. The smallest absolute Gasteiger partial charge is 0.261 e. The Balaban J connectivity index is 1.53. The van der Waals surface area contributed by atoms with E-state index >= 15 is 0 Å². The number of aryl methyl sites for hydroxylation is 2. The van der Waals surface area contributed by atoms with Crippen molar-refractivity contribution in [1.29, 1.82) is 0 Å². The van der Waals surface area contributed by atoms with Crippen LogP contribution in [0.3, 0.4) is 0 Å². The lowest BCUT2D eigenvalue weighted by molar-refractivity contribution is 0.181. The Morgan fingerprint density at radius 1 is 0.972 bits per heavy atom. The highest BCUT2D eigenvalue weighted by Crippen LogP contribution is 2.30. The third-order valence-electron chi connectivity index (χ3n) is 6.16. The second-order valence-corrected chi connectivity index (χ2v) is 8.31. The Labute approximate surface area is 206 Å². The third-order valence-corrected chi connectivity index (χ3v) is 6.16. The fourth-order valence-electron chi connectivity index (χ4n) is 4.37. The van der Waals surface area contributed by atoms with Crippen molar-refractivity contribution in [3.05, 3.63) is 88.4 Å². The number of aromatic nitrogens is 4. The summed E-state index contributed by atoms with van der Waals surface area (Å²) in [5.41, 5.74) is 4.25. The summed E-state index contributed by atoms with van der Waals surface area (Å²) in [5.74, 6) is 0.983. The minimum atomic E-state index is -0.324. The van der Waals surface area contributed by atoms with Gasteiger partial charge in [0.2, 0.25) is 0 Å². The van der Waals surface area contributed by atoms with Gasteiger partial charge in [0.15, 0.2) is 17.1 Å². The second-order valence-electron chi connectivity index (χ2n) is 8.31. The topological polar surface area (TPSA) is 79.9 Å². The molecule has 0 amide bonds. The van der Waals surface area contributed by atoms with Gasteiger partial charge in [-0.25, -0.2) is 13.9 Å². The predicted octanol–water partition coefficient (Wildman–Crippen LogP) is 4.26. The molecule has 0 saturated heterocycles. The van der Waals surface area contributed by atoms with Crippen LogP contribution in [0.1, 0.15) is 11.3 Å². The molecule has 8 nitrogen and oxygen atoms in total. The van der Waals surface area contributed by atoms with Gasteiger partial charge >= 0.3 is 0 Å². The molecule has 5 aromatic rings. The molecular weight excluding hydrogens is 463 g/mol. The van der Waals surface area contributed by atoms with Crippen molar-refractivity contribution in [3.63, 3.8) is 0 Å². The van der Waals surface area contributed by atoms with E-state index in [0.29, 0.717) is 46.7 Å². The van der Waals surface area contributed by atoms with Gasteiger partial charge < -0.3 is 18.8 Å². The summed E-state index contributed by atoms with van der Waals surface area (Å²) >= 11 is 0. The van der Waals surface area contributed by atoms with Gasteiger partial charge in [-0.05, 0) is 47.9 Å². The largest absolute Gasteiger partial charge is 0.493 e. The Morgan fingerprint density at radius 3 is 2.47 bits per heavy atom. The summed E-state index contributed by atoms with van der Waals surface area (Å²) in [6.45, 7) is 0.733. The highest BCUT2D eigenvalue weighted by atomic mass is 19.1. The van der Waals surface area contributed by atoms with E-state index in [1.54, 1.807) is 54.9 Å². The van der Waals surface area contributed by atoms with Crippen LogP contribution in [0.5, 0.6) is 11.5 Å². The van der Waals surface area contributed by atoms with Gasteiger partial charge in [0.1, 0.15) is 5.82 Å². The van der Waals surface area contributed by atoms with Crippen LogP contribution in [0, 0.1) is 5.82 Å². The molecule has 9 heteroatoms. The molecule has 2 aromatic carbocycles. The molecule has 0 bridgehead atoms. The molecule has 0 N–H and O–H groups in total. The number of methoxy groups -OCH3 is 3. The molecule has 3 aromatic heterocycles. The zero-order chi connectivity index (χ0) is 25.2. The van der Waals surface area contributed by atoms with Gasteiger partial charge in [0, 0.05) is 26.0 Å². The van der Waals surface area contributed by atoms with E-state index in [0.717, 1.165) is 16.7 Å². The number of halogens is 1. The van der Waals surface area contributed by atoms with Crippen molar-refractivity contribution in [2.24, 2.45) is 0 Å². The highest BCUT2D eigenvalue weighted by Gasteiger charge is 2.19. The maximum Gasteiger partial charge on any atom is 0.261 e. The van der Waals surface area contributed by atoms with Crippen LogP contribution in [0.2, 0.25) is 0 Å². The Hall–Kier alpha value is -4.24. The van der Waals surface area contributed by atoms with Gasteiger partial charge in [-0.2, -0.15) is 5.10 Å². The van der Waals surface area contributed by atoms with Crippen LogP contribution in [-0.4, -0.2) is 40.5 Å². The summed E-state index contributed by atoms with van der Waals surface area (Å²) in [6, 6.07) is 13.7. The Kier molecular flexibility index (Phi) is 6.39. The van der Waals surface area contributed by atoms with Crippen molar-refractivity contribution in [2.45, 2.75) is 19.6 Å². The molecule has 0 atom stereocenters. The van der Waals surface area contributed by atoms with Gasteiger partial charge in [-0.1, -0.05) is 18.2 Å². The molecule has 184 valence electrons. The predicted molar refractivity (Wildman–Crippen MR) is 134 cm³/mol. The third kappa shape index (κ3) is 4.18. The molecule has 0 fully saturated rings. The van der Waals surface area contributed by atoms with Crippen molar-refractivity contribution < 1.29 is 18.6 Å². The minimum Gasteiger partial charge on any atom is -0.493 e. The molecule has 3 heterocycles. The monoisotopic (exact) mass is 488 g/mol. The first-order valence-electron chi connectivity index (χ1n) is 11.4. The first kappa shape index (κ1) is 23.5. The van der Waals surface area contributed by atoms with Gasteiger partial charge in [0.05, 0.1) is 43.0 Å². The normalized spacial score (nSPS) is 11.3. The summed E-state index contributed by atoms with van der Waals surface area (Å²) < 4.78 is 32.8. The Morgan fingerprint density at radius 2 is 1.75 bits per heavy atom. The SMILES string of the molecule is COCc1nn2c(ncc3c(=O)n(CCc4ccc(OC)c(OC)c4)ccc32)c1-c1ccc(F)cc1. The number of nitrogens with zero attached hydrogens (tertiary/aromatic N) is 4. The van der Waals surface area contributed by atoms with E-state index in [9.17, 15) is 9.18 Å². The number of fused-ring (bicyclic) bond motifs is 3. The number of benzene rings is 2. The molecular formula is C27H25FN4O4. The van der Waals surface area contributed by atoms with E-state index in [1.807, 2.05) is 24.3 Å². The lowest BCUT2D eigenvalue weighted by Gasteiger charge is -2.11. The van der Waals surface area contributed by atoms with Crippen LogP contribution in [0.4, 0.5) is 4.39 Å². The number of hydrogen-bond donors (Lipinski definition) is 0. The molecule has 5 rings (SSSR count). The first-order valence-corrected chi connectivity index (χ1v) is 11.4. The van der Waals surface area contributed by atoms with E-state index in [4.69, 9.17) is 19.3 Å². The number of ether oxygens (including phenoxy) is 3.